The number of hydrogen-bond donors (Lipinski definition) is 3. The number of aromatic amines is 1. The van der Waals surface area contributed by atoms with E-state index in [9.17, 15) is 9.59 Å². The van der Waals surface area contributed by atoms with Gasteiger partial charge in [-0.3, -0.25) is 9.59 Å². The lowest BCUT2D eigenvalue weighted by Gasteiger charge is -2.11. The average molecular weight is 395 g/mol. The molecule has 29 heavy (non-hydrogen) atoms. The Morgan fingerprint density at radius 1 is 1.28 bits per heavy atom. The average Bonchev–Trinajstić information content (AvgIpc) is 3.01. The maximum Gasteiger partial charge on any atom is 0.253 e. The van der Waals surface area contributed by atoms with Gasteiger partial charge in [0.25, 0.3) is 5.91 Å². The van der Waals surface area contributed by atoms with Gasteiger partial charge in [-0.25, -0.2) is 0 Å². The number of aromatic nitrogens is 1. The molecule has 2 amide bonds. The van der Waals surface area contributed by atoms with E-state index < -0.39 is 0 Å². The van der Waals surface area contributed by atoms with Crippen LogP contribution in [0.4, 0.5) is 5.69 Å². The minimum atomic E-state index is -0.125. The van der Waals surface area contributed by atoms with Gasteiger partial charge in [0.1, 0.15) is 0 Å². The Morgan fingerprint density at radius 2 is 1.97 bits per heavy atom. The summed E-state index contributed by atoms with van der Waals surface area (Å²) in [6.07, 6.45) is 3.70. The van der Waals surface area contributed by atoms with Gasteiger partial charge in [0.2, 0.25) is 6.41 Å². The van der Waals surface area contributed by atoms with Gasteiger partial charge in [0.15, 0.2) is 0 Å². The summed E-state index contributed by atoms with van der Waals surface area (Å²) in [5.74, 6) is -0.125. The normalized spacial score (nSPS) is 10.4. The van der Waals surface area contributed by atoms with E-state index in [0.29, 0.717) is 30.5 Å². The monoisotopic (exact) mass is 394 g/mol. The second kappa shape index (κ2) is 11.5. The van der Waals surface area contributed by atoms with Crippen molar-refractivity contribution in [3.05, 3.63) is 51.8 Å². The minimum absolute atomic E-state index is 0.125. The molecule has 0 saturated carbocycles. The van der Waals surface area contributed by atoms with E-state index in [-0.39, 0.29) is 5.91 Å². The fourth-order valence-corrected chi connectivity index (χ4v) is 3.14. The van der Waals surface area contributed by atoms with E-state index in [2.05, 4.69) is 21.7 Å². The number of nitrogens with one attached hydrogen (secondary N) is 3. The molecule has 1 aromatic heterocycles. The van der Waals surface area contributed by atoms with Gasteiger partial charge < -0.3 is 15.6 Å². The van der Waals surface area contributed by atoms with Gasteiger partial charge in [-0.1, -0.05) is 19.9 Å². The zero-order valence-corrected chi connectivity index (χ0v) is 18.1. The molecular formula is C23H30N4O2. The molecule has 0 atom stereocenters. The number of carbonyl (C=O) groups excluding carboxylic acids is 2. The SMILES string of the molecule is CC.CNC(=O)c1c(C)[nH]c(/C=C(\C)c2cc(CCC#N)ccc2NC=O)c1C. The second-order valence-electron chi connectivity index (χ2n) is 6.37. The Kier molecular flexibility index (Phi) is 9.40. The highest BCUT2D eigenvalue weighted by atomic mass is 16.1. The largest absolute Gasteiger partial charge is 0.358 e. The van der Waals surface area contributed by atoms with E-state index >= 15 is 0 Å². The molecular weight excluding hydrogens is 364 g/mol. The Hall–Kier alpha value is -3.33. The summed E-state index contributed by atoms with van der Waals surface area (Å²) in [5.41, 5.74) is 6.72. The van der Waals surface area contributed by atoms with Crippen molar-refractivity contribution in [3.8, 4) is 6.07 Å². The van der Waals surface area contributed by atoms with Crippen molar-refractivity contribution in [2.75, 3.05) is 12.4 Å². The maximum atomic E-state index is 12.1. The molecule has 154 valence electrons. The van der Waals surface area contributed by atoms with Crippen LogP contribution < -0.4 is 10.6 Å². The molecule has 0 aliphatic rings. The molecule has 1 heterocycles. The zero-order valence-electron chi connectivity index (χ0n) is 18.1. The molecule has 3 N–H and O–H groups in total. The van der Waals surface area contributed by atoms with E-state index in [1.54, 1.807) is 7.05 Å². The standard InChI is InChI=1S/C21H24N4O2.C2H6/c1-13(10-19-14(2)20(15(3)25-19)21(27)23-4)17-11-16(6-5-9-22)7-8-18(17)24-12-26;1-2/h7-8,10-12,25H,5-6H2,1-4H3,(H,23,27)(H,24,26);1-2H3/b13-10+;. The fraction of sp³-hybridized carbons (Fsp3) is 0.348. The van der Waals surface area contributed by atoms with Crippen LogP contribution >= 0.6 is 0 Å². The van der Waals surface area contributed by atoms with Crippen LogP contribution in [0.1, 0.15) is 65.6 Å². The quantitative estimate of drug-likeness (QED) is 0.599. The van der Waals surface area contributed by atoms with Crippen molar-refractivity contribution in [2.24, 2.45) is 0 Å². The topological polar surface area (TPSA) is 97.8 Å². The molecule has 0 unspecified atom stereocenters. The van der Waals surface area contributed by atoms with Gasteiger partial charge in [-0.2, -0.15) is 5.26 Å². The number of H-pyrrole nitrogens is 1. The number of nitriles is 1. The van der Waals surface area contributed by atoms with Crippen molar-refractivity contribution in [1.29, 1.82) is 5.26 Å². The predicted octanol–water partition coefficient (Wildman–Crippen LogP) is 4.60. The van der Waals surface area contributed by atoms with Crippen LogP contribution in [0.3, 0.4) is 0 Å². The number of benzene rings is 1. The third-order valence-electron chi connectivity index (χ3n) is 4.54. The third-order valence-corrected chi connectivity index (χ3v) is 4.54. The number of carbonyl (C=O) groups is 2. The van der Waals surface area contributed by atoms with Crippen LogP contribution in [0.15, 0.2) is 18.2 Å². The lowest BCUT2D eigenvalue weighted by Crippen LogP contribution is -2.19. The molecule has 0 bridgehead atoms. The highest BCUT2D eigenvalue weighted by molar-refractivity contribution is 5.98. The van der Waals surface area contributed by atoms with Gasteiger partial charge in [0, 0.05) is 36.1 Å². The number of anilines is 1. The molecule has 2 aromatic rings. The Balaban J connectivity index is 0.00000204. The van der Waals surface area contributed by atoms with Crippen molar-refractivity contribution in [1.82, 2.24) is 10.3 Å². The van der Waals surface area contributed by atoms with Crippen molar-refractivity contribution < 1.29 is 9.59 Å². The van der Waals surface area contributed by atoms with Crippen molar-refractivity contribution in [3.63, 3.8) is 0 Å². The summed E-state index contributed by atoms with van der Waals surface area (Å²) >= 11 is 0. The Bertz CT molecular complexity index is 933. The number of rotatable bonds is 7. The summed E-state index contributed by atoms with van der Waals surface area (Å²) in [6, 6.07) is 7.89. The third kappa shape index (κ3) is 5.82. The summed E-state index contributed by atoms with van der Waals surface area (Å²) in [4.78, 5) is 26.3. The van der Waals surface area contributed by atoms with Gasteiger partial charge in [-0.05, 0) is 62.1 Å². The molecule has 0 fully saturated rings. The number of aryl methyl sites for hydroxylation is 2. The van der Waals surface area contributed by atoms with Crippen molar-refractivity contribution >= 4 is 29.7 Å². The molecule has 2 rings (SSSR count). The first-order chi connectivity index (χ1) is 13.9. The Morgan fingerprint density at radius 3 is 2.55 bits per heavy atom. The molecule has 6 heteroatoms. The van der Waals surface area contributed by atoms with Gasteiger partial charge in [0.05, 0.1) is 11.6 Å². The summed E-state index contributed by atoms with van der Waals surface area (Å²) < 4.78 is 0. The lowest BCUT2D eigenvalue weighted by molar-refractivity contribution is -0.105. The number of allylic oxidation sites excluding steroid dienone is 1. The van der Waals surface area contributed by atoms with E-state index in [0.717, 1.165) is 33.7 Å². The number of amides is 2. The molecule has 0 spiro atoms. The van der Waals surface area contributed by atoms with Crippen LogP contribution in [-0.2, 0) is 11.2 Å². The summed E-state index contributed by atoms with van der Waals surface area (Å²) in [7, 11) is 1.61. The van der Waals surface area contributed by atoms with Gasteiger partial charge in [-0.15, -0.1) is 0 Å². The molecule has 0 saturated heterocycles. The number of hydrogen-bond acceptors (Lipinski definition) is 3. The van der Waals surface area contributed by atoms with Crippen LogP contribution in [0, 0.1) is 25.2 Å². The minimum Gasteiger partial charge on any atom is -0.358 e. The van der Waals surface area contributed by atoms with Crippen molar-refractivity contribution in [2.45, 2.75) is 47.5 Å². The molecule has 0 radical (unpaired) electrons. The first-order valence-corrected chi connectivity index (χ1v) is 9.72. The maximum absolute atomic E-state index is 12.1. The van der Waals surface area contributed by atoms with Crippen LogP contribution in [-0.4, -0.2) is 24.3 Å². The summed E-state index contributed by atoms with van der Waals surface area (Å²) in [5, 5.41) is 14.2. The fourth-order valence-electron chi connectivity index (χ4n) is 3.14. The van der Waals surface area contributed by atoms with Crippen LogP contribution in [0.2, 0.25) is 0 Å². The van der Waals surface area contributed by atoms with Gasteiger partial charge >= 0.3 is 0 Å². The summed E-state index contributed by atoms with van der Waals surface area (Å²) in [6.45, 7) is 9.72. The lowest BCUT2D eigenvalue weighted by atomic mass is 9.98. The van der Waals surface area contributed by atoms with E-state index in [1.165, 1.54) is 0 Å². The molecule has 0 aliphatic heterocycles. The highest BCUT2D eigenvalue weighted by Gasteiger charge is 2.16. The smallest absolute Gasteiger partial charge is 0.253 e. The molecule has 6 nitrogen and oxygen atoms in total. The first-order valence-electron chi connectivity index (χ1n) is 9.72. The first kappa shape index (κ1) is 23.7. The van der Waals surface area contributed by atoms with E-state index in [1.807, 2.05) is 58.9 Å². The van der Waals surface area contributed by atoms with Crippen LogP contribution in [0.25, 0.3) is 11.6 Å². The Labute approximate surface area is 173 Å². The highest BCUT2D eigenvalue weighted by Crippen LogP contribution is 2.29. The molecule has 0 aliphatic carbocycles. The molecule has 1 aromatic carbocycles. The second-order valence-corrected chi connectivity index (χ2v) is 6.37. The van der Waals surface area contributed by atoms with E-state index in [4.69, 9.17) is 5.26 Å². The number of nitrogens with zero attached hydrogens (tertiary/aromatic N) is 1. The predicted molar refractivity (Wildman–Crippen MR) is 119 cm³/mol. The zero-order chi connectivity index (χ0) is 22.0. The van der Waals surface area contributed by atoms with Crippen LogP contribution in [0.5, 0.6) is 0 Å².